The van der Waals surface area contributed by atoms with Gasteiger partial charge in [0.2, 0.25) is 15.9 Å². The van der Waals surface area contributed by atoms with Crippen LogP contribution in [0.4, 0.5) is 5.69 Å². The van der Waals surface area contributed by atoms with Crippen molar-refractivity contribution >= 4 is 55.4 Å². The van der Waals surface area contributed by atoms with Gasteiger partial charge in [-0.3, -0.25) is 9.78 Å². The van der Waals surface area contributed by atoms with Crippen LogP contribution in [0.25, 0.3) is 6.08 Å². The molecule has 1 unspecified atom stereocenters. The summed E-state index contributed by atoms with van der Waals surface area (Å²) in [7, 11) is -8.31. The Bertz CT molecular complexity index is 1430. The Morgan fingerprint density at radius 3 is 2.33 bits per heavy atom. The third-order valence-corrected chi connectivity index (χ3v) is 8.85. The lowest BCUT2D eigenvalue weighted by molar-refractivity contribution is -0.152. The Hall–Kier alpha value is -3.00. The van der Waals surface area contributed by atoms with Crippen LogP contribution in [0.2, 0.25) is 5.02 Å². The van der Waals surface area contributed by atoms with Crippen LogP contribution in [-0.2, 0) is 33.9 Å². The molecular weight excluding hydrogens is 568 g/mol. The molecule has 3 heterocycles. The lowest BCUT2D eigenvalue weighted by Gasteiger charge is -2.41. The summed E-state index contributed by atoms with van der Waals surface area (Å²) in [5.41, 5.74) is 1.61. The number of halogens is 1. The number of rotatable bonds is 8. The molecule has 0 bridgehead atoms. The molecule has 1 aromatic carbocycles. The molecule has 0 spiro atoms. The highest BCUT2D eigenvalue weighted by Crippen LogP contribution is 2.26. The van der Waals surface area contributed by atoms with Crippen molar-refractivity contribution < 1.29 is 30.6 Å². The first-order chi connectivity index (χ1) is 18.4. The molecule has 0 radical (unpaired) electrons. The maximum Gasteiger partial charge on any atom is 0.345 e. The van der Waals surface area contributed by atoms with E-state index in [4.69, 9.17) is 11.6 Å². The summed E-state index contributed by atoms with van der Waals surface area (Å²) >= 11 is 5.87. The second kappa shape index (κ2) is 12.0. The fourth-order valence-corrected chi connectivity index (χ4v) is 6.31. The van der Waals surface area contributed by atoms with Gasteiger partial charge >= 0.3 is 16.1 Å². The third-order valence-electron chi connectivity index (χ3n) is 6.65. The standard InChI is InChI=1S/C25H29ClN4O7S2/c1-38(33,34)37-25(32)23-17-29(39(35,36)15-10-19-2-4-21(26)5-3-19)18-24(31)30(23)16-20-8-13-28(14-9-20)22-6-11-27-12-7-22/h2-7,10-12,15,20,23H,8-9,13-14,16-18H2,1H3. The lowest BCUT2D eigenvalue weighted by Crippen LogP contribution is -2.61. The number of piperidine rings is 1. The Labute approximate surface area is 233 Å². The Morgan fingerprint density at radius 2 is 1.72 bits per heavy atom. The summed E-state index contributed by atoms with van der Waals surface area (Å²) in [4.78, 5) is 33.6. The van der Waals surface area contributed by atoms with E-state index in [0.29, 0.717) is 10.6 Å². The van der Waals surface area contributed by atoms with Gasteiger partial charge in [-0.25, -0.2) is 13.2 Å². The number of pyridine rings is 1. The molecule has 1 amide bonds. The van der Waals surface area contributed by atoms with Gasteiger partial charge in [0.1, 0.15) is 6.04 Å². The summed E-state index contributed by atoms with van der Waals surface area (Å²) in [5.74, 6) is -1.76. The van der Waals surface area contributed by atoms with Crippen molar-refractivity contribution in [1.29, 1.82) is 0 Å². The summed E-state index contributed by atoms with van der Waals surface area (Å²) in [5, 5.41) is 1.43. The van der Waals surface area contributed by atoms with Crippen molar-refractivity contribution in [3.8, 4) is 0 Å². The Morgan fingerprint density at radius 1 is 1.08 bits per heavy atom. The molecule has 2 aromatic rings. The number of hydrogen-bond acceptors (Lipinski definition) is 9. The minimum absolute atomic E-state index is 0.0357. The molecule has 210 valence electrons. The Balaban J connectivity index is 1.49. The van der Waals surface area contributed by atoms with Gasteiger partial charge in [-0.1, -0.05) is 23.7 Å². The predicted octanol–water partition coefficient (Wildman–Crippen LogP) is 1.97. The summed E-state index contributed by atoms with van der Waals surface area (Å²) in [6.07, 6.45) is 6.96. The minimum atomic E-state index is -4.18. The number of aromatic nitrogens is 1. The number of hydrogen-bond donors (Lipinski definition) is 0. The lowest BCUT2D eigenvalue weighted by atomic mass is 9.94. The van der Waals surface area contributed by atoms with Crippen molar-refractivity contribution in [3.05, 3.63) is 64.8 Å². The van der Waals surface area contributed by atoms with Crippen LogP contribution in [0.5, 0.6) is 0 Å². The SMILES string of the molecule is CS(=O)(=O)OC(=O)C1CN(S(=O)(=O)C=Cc2ccc(Cl)cc2)CC(=O)N1CC1CCN(c2ccncc2)CC1. The van der Waals surface area contributed by atoms with Crippen LogP contribution >= 0.6 is 11.6 Å². The van der Waals surface area contributed by atoms with Crippen LogP contribution in [0.1, 0.15) is 18.4 Å². The normalized spacial score (nSPS) is 19.9. The quantitative estimate of drug-likeness (QED) is 0.419. The number of sulfonamides is 1. The van der Waals surface area contributed by atoms with Crippen LogP contribution < -0.4 is 4.90 Å². The van der Waals surface area contributed by atoms with E-state index in [0.717, 1.165) is 47.6 Å². The first-order valence-corrected chi connectivity index (χ1v) is 15.9. The molecule has 11 nitrogen and oxygen atoms in total. The van der Waals surface area contributed by atoms with Crippen LogP contribution in [0, 0.1) is 5.92 Å². The zero-order chi connectivity index (χ0) is 28.2. The highest BCUT2D eigenvalue weighted by atomic mass is 35.5. The number of anilines is 1. The summed E-state index contributed by atoms with van der Waals surface area (Å²) in [6, 6.07) is 8.90. The highest BCUT2D eigenvalue weighted by Gasteiger charge is 2.43. The van der Waals surface area contributed by atoms with E-state index < -0.39 is 51.1 Å². The van der Waals surface area contributed by atoms with E-state index in [1.807, 2.05) is 12.1 Å². The van der Waals surface area contributed by atoms with Crippen molar-refractivity contribution in [3.63, 3.8) is 0 Å². The topological polar surface area (TPSA) is 134 Å². The molecule has 0 saturated carbocycles. The molecule has 14 heteroatoms. The summed E-state index contributed by atoms with van der Waals surface area (Å²) in [6.45, 7) is 0.729. The molecule has 1 atom stereocenters. The van der Waals surface area contributed by atoms with Crippen molar-refractivity contribution in [2.45, 2.75) is 18.9 Å². The van der Waals surface area contributed by atoms with Gasteiger partial charge in [-0.05, 0) is 54.7 Å². The van der Waals surface area contributed by atoms with Gasteiger partial charge in [0.05, 0.1) is 12.8 Å². The predicted molar refractivity (Wildman–Crippen MR) is 147 cm³/mol. The monoisotopic (exact) mass is 596 g/mol. The van der Waals surface area contributed by atoms with E-state index >= 15 is 0 Å². The number of benzene rings is 1. The molecule has 1 aromatic heterocycles. The molecular formula is C25H29ClN4O7S2. The molecule has 2 fully saturated rings. The molecule has 2 aliphatic heterocycles. The average molecular weight is 597 g/mol. The largest absolute Gasteiger partial charge is 0.371 e. The van der Waals surface area contributed by atoms with Crippen molar-refractivity contribution in [2.75, 3.05) is 43.9 Å². The zero-order valence-electron chi connectivity index (χ0n) is 21.2. The third kappa shape index (κ3) is 7.78. The second-order valence-electron chi connectivity index (χ2n) is 9.50. The van der Waals surface area contributed by atoms with Crippen LogP contribution in [-0.4, -0.2) is 87.9 Å². The van der Waals surface area contributed by atoms with Gasteiger partial charge in [0.25, 0.3) is 0 Å². The van der Waals surface area contributed by atoms with E-state index in [9.17, 15) is 26.4 Å². The van der Waals surface area contributed by atoms with Crippen LogP contribution in [0.3, 0.4) is 0 Å². The first kappa shape index (κ1) is 29.0. The number of nitrogens with zero attached hydrogens (tertiary/aromatic N) is 4. The number of carbonyl (C=O) groups excluding carboxylic acids is 2. The molecule has 2 saturated heterocycles. The summed E-state index contributed by atoms with van der Waals surface area (Å²) < 4.78 is 54.9. The smallest absolute Gasteiger partial charge is 0.345 e. The maximum absolute atomic E-state index is 13.2. The fourth-order valence-electron chi connectivity index (χ4n) is 4.63. The second-order valence-corrected chi connectivity index (χ2v) is 13.3. The van der Waals surface area contributed by atoms with Gasteiger partial charge in [0, 0.05) is 54.7 Å². The number of amides is 1. The highest BCUT2D eigenvalue weighted by molar-refractivity contribution is 7.92. The van der Waals surface area contributed by atoms with E-state index in [1.165, 1.54) is 11.0 Å². The maximum atomic E-state index is 13.2. The fraction of sp³-hybridized carbons (Fsp3) is 0.400. The van der Waals surface area contributed by atoms with E-state index in [2.05, 4.69) is 14.1 Å². The minimum Gasteiger partial charge on any atom is -0.371 e. The van der Waals surface area contributed by atoms with Gasteiger partial charge in [-0.2, -0.15) is 12.7 Å². The van der Waals surface area contributed by atoms with E-state index in [-0.39, 0.29) is 12.5 Å². The molecule has 4 rings (SSSR count). The average Bonchev–Trinajstić information content (AvgIpc) is 2.89. The number of piperazine rings is 1. The van der Waals surface area contributed by atoms with Gasteiger partial charge in [-0.15, -0.1) is 0 Å². The molecule has 0 aliphatic carbocycles. The number of carbonyl (C=O) groups is 2. The Kier molecular flexibility index (Phi) is 8.94. The van der Waals surface area contributed by atoms with Gasteiger partial charge < -0.3 is 14.0 Å². The van der Waals surface area contributed by atoms with Crippen LogP contribution in [0.15, 0.2) is 54.2 Å². The first-order valence-electron chi connectivity index (χ1n) is 12.2. The van der Waals surface area contributed by atoms with Crippen molar-refractivity contribution in [2.24, 2.45) is 5.92 Å². The van der Waals surface area contributed by atoms with E-state index in [1.54, 1.807) is 36.7 Å². The van der Waals surface area contributed by atoms with Gasteiger partial charge in [0.15, 0.2) is 0 Å². The molecule has 0 N–H and O–H groups in total. The molecule has 39 heavy (non-hydrogen) atoms. The van der Waals surface area contributed by atoms with Crippen molar-refractivity contribution in [1.82, 2.24) is 14.2 Å². The molecule has 2 aliphatic rings. The zero-order valence-corrected chi connectivity index (χ0v) is 23.6.